The number of fused-ring (bicyclic) bond motifs is 1. The first kappa shape index (κ1) is 21.5. The highest BCUT2D eigenvalue weighted by molar-refractivity contribution is 6.09. The molecule has 0 atom stereocenters. The first-order chi connectivity index (χ1) is 16.0. The van der Waals surface area contributed by atoms with Gasteiger partial charge in [0.15, 0.2) is 0 Å². The van der Waals surface area contributed by atoms with Crippen LogP contribution in [0.1, 0.15) is 25.3 Å². The van der Waals surface area contributed by atoms with Gasteiger partial charge in [-0.25, -0.2) is 4.98 Å². The van der Waals surface area contributed by atoms with Crippen molar-refractivity contribution in [2.75, 3.05) is 37.7 Å². The lowest BCUT2D eigenvalue weighted by atomic mass is 9.95. The number of amidine groups is 1. The Kier molecular flexibility index (Phi) is 5.76. The Morgan fingerprint density at radius 3 is 2.70 bits per heavy atom. The zero-order valence-corrected chi connectivity index (χ0v) is 18.8. The van der Waals surface area contributed by atoms with Crippen LogP contribution >= 0.6 is 0 Å². The van der Waals surface area contributed by atoms with Crippen molar-refractivity contribution in [1.82, 2.24) is 15.2 Å². The molecule has 3 aliphatic rings. The fourth-order valence-corrected chi connectivity index (χ4v) is 4.70. The average molecular weight is 448 g/mol. The molecule has 8 heteroatoms. The van der Waals surface area contributed by atoms with Gasteiger partial charge in [0.1, 0.15) is 5.84 Å². The van der Waals surface area contributed by atoms with Crippen LogP contribution in [-0.4, -0.2) is 65.6 Å². The number of nitrogens with one attached hydrogen (secondary N) is 2. The maximum Gasteiger partial charge on any atom is 0.219 e. The van der Waals surface area contributed by atoms with Crippen molar-refractivity contribution in [3.05, 3.63) is 53.4 Å². The van der Waals surface area contributed by atoms with E-state index in [0.29, 0.717) is 32.1 Å². The molecule has 4 heterocycles. The number of hydrogen-bond donors (Lipinski definition) is 3. The molecule has 1 aromatic carbocycles. The van der Waals surface area contributed by atoms with E-state index in [0.717, 1.165) is 53.9 Å². The maximum atomic E-state index is 12.1. The Hall–Kier alpha value is -3.39. The van der Waals surface area contributed by atoms with Gasteiger partial charge in [-0.2, -0.15) is 0 Å². The molecule has 1 amide bonds. The van der Waals surface area contributed by atoms with Crippen LogP contribution in [0.25, 0.3) is 11.1 Å². The summed E-state index contributed by atoms with van der Waals surface area (Å²) in [4.78, 5) is 20.0. The van der Waals surface area contributed by atoms with E-state index in [4.69, 9.17) is 10.1 Å². The number of carbonyl (C=O) groups is 1. The van der Waals surface area contributed by atoms with Crippen molar-refractivity contribution in [2.24, 2.45) is 0 Å². The molecule has 1 fully saturated rings. The highest BCUT2D eigenvalue weighted by atomic mass is 16.5. The van der Waals surface area contributed by atoms with Crippen LogP contribution in [0.2, 0.25) is 0 Å². The highest BCUT2D eigenvalue weighted by Gasteiger charge is 2.30. The van der Waals surface area contributed by atoms with E-state index < -0.39 is 0 Å². The first-order valence-corrected chi connectivity index (χ1v) is 11.5. The topological polar surface area (TPSA) is 102 Å². The van der Waals surface area contributed by atoms with Crippen LogP contribution in [0.3, 0.4) is 0 Å². The number of benzene rings is 1. The van der Waals surface area contributed by atoms with Gasteiger partial charge in [0, 0.05) is 61.2 Å². The lowest BCUT2D eigenvalue weighted by Gasteiger charge is -2.38. The van der Waals surface area contributed by atoms with Gasteiger partial charge < -0.3 is 25.0 Å². The standard InChI is InChI=1S/C25H29N5O3/c1-16(31)29-10-8-22(28-20-14-33-15-20)21(13-29)25(26)30-9-2-3-18-11-17(4-6-23(18)30)19-5-7-24(32)27-12-19/h4-7,11-12,20,26,28H,2-3,8-10,13-15H2,1H3,(H,27,32). The third-order valence-electron chi connectivity index (χ3n) is 6.64. The second-order valence-electron chi connectivity index (χ2n) is 8.88. The Morgan fingerprint density at radius 2 is 2.00 bits per heavy atom. The number of amides is 1. The Morgan fingerprint density at radius 1 is 1.18 bits per heavy atom. The molecular formula is C25H29N5O3. The number of ether oxygens (including phenoxy) is 1. The molecule has 3 aliphatic heterocycles. The van der Waals surface area contributed by atoms with Crippen molar-refractivity contribution in [2.45, 2.75) is 32.2 Å². The molecule has 3 N–H and O–H groups in total. The molecule has 0 radical (unpaired) electrons. The zero-order valence-electron chi connectivity index (χ0n) is 18.8. The van der Waals surface area contributed by atoms with E-state index in [9.17, 15) is 9.90 Å². The molecule has 8 nitrogen and oxygen atoms in total. The minimum absolute atomic E-state index is 0.00886. The van der Waals surface area contributed by atoms with Gasteiger partial charge in [0.25, 0.3) is 0 Å². The summed E-state index contributed by atoms with van der Waals surface area (Å²) in [6.45, 7) is 4.85. The van der Waals surface area contributed by atoms with Crippen LogP contribution in [0.15, 0.2) is 47.8 Å². The number of anilines is 1. The molecule has 33 heavy (non-hydrogen) atoms. The summed E-state index contributed by atoms with van der Waals surface area (Å²) in [7, 11) is 0. The van der Waals surface area contributed by atoms with Gasteiger partial charge in [-0.05, 0) is 42.2 Å². The monoisotopic (exact) mass is 447 g/mol. The Bertz CT molecular complexity index is 1110. The molecule has 172 valence electrons. The normalized spacial score (nSPS) is 18.6. The smallest absolute Gasteiger partial charge is 0.219 e. The van der Waals surface area contributed by atoms with E-state index in [-0.39, 0.29) is 17.8 Å². The number of aryl methyl sites for hydroxylation is 1. The summed E-state index contributed by atoms with van der Waals surface area (Å²) in [5.41, 5.74) is 6.18. The summed E-state index contributed by atoms with van der Waals surface area (Å²) in [5, 5.41) is 22.2. The number of nitrogens with zero attached hydrogens (tertiary/aromatic N) is 3. The average Bonchev–Trinajstić information content (AvgIpc) is 2.80. The van der Waals surface area contributed by atoms with Crippen LogP contribution in [0, 0.1) is 5.41 Å². The third-order valence-corrected chi connectivity index (χ3v) is 6.64. The van der Waals surface area contributed by atoms with Crippen molar-refractivity contribution in [1.29, 1.82) is 5.41 Å². The number of aromatic nitrogens is 1. The summed E-state index contributed by atoms with van der Waals surface area (Å²) in [6, 6.07) is 10.0. The number of hydrogen-bond acceptors (Lipinski definition) is 6. The fraction of sp³-hybridized carbons (Fsp3) is 0.400. The largest absolute Gasteiger partial charge is 0.493 e. The van der Waals surface area contributed by atoms with Crippen LogP contribution in [0.5, 0.6) is 5.88 Å². The molecule has 1 aromatic heterocycles. The number of carbonyl (C=O) groups excluding carboxylic acids is 1. The second-order valence-corrected chi connectivity index (χ2v) is 8.88. The van der Waals surface area contributed by atoms with E-state index in [2.05, 4.69) is 27.3 Å². The lowest BCUT2D eigenvalue weighted by Crippen LogP contribution is -2.50. The molecule has 1 saturated heterocycles. The molecule has 2 aromatic rings. The SMILES string of the molecule is CC(=O)N1CCC(NC2COC2)=C(C(=N)N2CCCc3cc(-c4ccc(O)nc4)ccc32)C1. The predicted octanol–water partition coefficient (Wildman–Crippen LogP) is 2.68. The van der Waals surface area contributed by atoms with Crippen molar-refractivity contribution in [3.63, 3.8) is 0 Å². The minimum Gasteiger partial charge on any atom is -0.493 e. The first-order valence-electron chi connectivity index (χ1n) is 11.5. The van der Waals surface area contributed by atoms with Gasteiger partial charge >= 0.3 is 0 Å². The molecule has 0 unspecified atom stereocenters. The number of pyridine rings is 1. The van der Waals surface area contributed by atoms with Crippen molar-refractivity contribution < 1.29 is 14.6 Å². The molecule has 0 spiro atoms. The maximum absolute atomic E-state index is 12.1. The Balaban J connectivity index is 1.45. The lowest BCUT2D eigenvalue weighted by molar-refractivity contribution is -0.128. The van der Waals surface area contributed by atoms with E-state index in [1.54, 1.807) is 19.2 Å². The minimum atomic E-state index is 0.00886. The third kappa shape index (κ3) is 4.30. The van der Waals surface area contributed by atoms with Crippen LogP contribution in [-0.2, 0) is 16.0 Å². The van der Waals surface area contributed by atoms with Gasteiger partial charge in [-0.1, -0.05) is 6.07 Å². The summed E-state index contributed by atoms with van der Waals surface area (Å²) < 4.78 is 5.32. The molecule has 0 bridgehead atoms. The molecular weight excluding hydrogens is 418 g/mol. The predicted molar refractivity (Wildman–Crippen MR) is 126 cm³/mol. The van der Waals surface area contributed by atoms with E-state index >= 15 is 0 Å². The van der Waals surface area contributed by atoms with Gasteiger partial charge in [0.2, 0.25) is 11.8 Å². The van der Waals surface area contributed by atoms with Crippen LogP contribution in [0.4, 0.5) is 5.69 Å². The second kappa shape index (κ2) is 8.86. The zero-order chi connectivity index (χ0) is 22.9. The summed E-state index contributed by atoms with van der Waals surface area (Å²) in [5.74, 6) is 0.510. The number of rotatable bonds is 4. The van der Waals surface area contributed by atoms with Crippen LogP contribution < -0.4 is 10.2 Å². The van der Waals surface area contributed by atoms with Gasteiger partial charge in [-0.3, -0.25) is 10.2 Å². The number of aromatic hydroxyl groups is 1. The Labute approximate surface area is 193 Å². The quantitative estimate of drug-likeness (QED) is 0.492. The van der Waals surface area contributed by atoms with E-state index in [1.807, 2.05) is 17.0 Å². The van der Waals surface area contributed by atoms with E-state index in [1.165, 1.54) is 5.56 Å². The fourth-order valence-electron chi connectivity index (χ4n) is 4.70. The molecule has 0 aliphatic carbocycles. The highest BCUT2D eigenvalue weighted by Crippen LogP contribution is 2.33. The van der Waals surface area contributed by atoms with Crippen molar-refractivity contribution in [3.8, 4) is 17.0 Å². The van der Waals surface area contributed by atoms with Gasteiger partial charge in [-0.15, -0.1) is 0 Å². The van der Waals surface area contributed by atoms with Gasteiger partial charge in [0.05, 0.1) is 25.8 Å². The molecule has 0 saturated carbocycles. The molecule has 5 rings (SSSR count). The summed E-state index contributed by atoms with van der Waals surface area (Å²) in [6.07, 6.45) is 4.30. The van der Waals surface area contributed by atoms with Crippen molar-refractivity contribution >= 4 is 17.4 Å². The summed E-state index contributed by atoms with van der Waals surface area (Å²) >= 11 is 0.